The minimum absolute atomic E-state index is 0.103. The van der Waals surface area contributed by atoms with Gasteiger partial charge in [0, 0.05) is 11.1 Å². The zero-order valence-electron chi connectivity index (χ0n) is 11.1. The molecule has 0 amide bonds. The van der Waals surface area contributed by atoms with Crippen molar-refractivity contribution in [2.45, 2.75) is 18.7 Å². The lowest BCUT2D eigenvalue weighted by molar-refractivity contribution is 0.483. The van der Waals surface area contributed by atoms with Gasteiger partial charge < -0.3 is 0 Å². The van der Waals surface area contributed by atoms with Gasteiger partial charge in [0.15, 0.2) is 0 Å². The van der Waals surface area contributed by atoms with Crippen LogP contribution in [0.3, 0.4) is 0 Å². The molecule has 0 bridgehead atoms. The second kappa shape index (κ2) is 4.26. The molecule has 0 aliphatic carbocycles. The molecule has 0 saturated carbocycles. The Morgan fingerprint density at radius 2 is 1.75 bits per heavy atom. The number of aryl methyl sites for hydroxylation is 2. The highest BCUT2D eigenvalue weighted by Gasteiger charge is 2.11. The molecular formula is C15H13NO3S. The molecular weight excluding hydrogens is 274 g/mol. The van der Waals surface area contributed by atoms with E-state index >= 15 is 0 Å². The molecule has 2 aromatic carbocycles. The molecule has 102 valence electrons. The molecule has 1 heterocycles. The summed E-state index contributed by atoms with van der Waals surface area (Å²) in [6, 6.07) is 10.4. The van der Waals surface area contributed by atoms with Crippen LogP contribution < -0.4 is 0 Å². The maximum Gasteiger partial charge on any atom is 0.294 e. The lowest BCUT2D eigenvalue weighted by Crippen LogP contribution is -1.97. The molecule has 0 saturated heterocycles. The first-order valence-electron chi connectivity index (χ1n) is 6.14. The summed E-state index contributed by atoms with van der Waals surface area (Å²) >= 11 is 0. The van der Waals surface area contributed by atoms with E-state index in [0.717, 1.165) is 32.9 Å². The van der Waals surface area contributed by atoms with Crippen molar-refractivity contribution in [2.24, 2.45) is 0 Å². The highest BCUT2D eigenvalue weighted by Crippen LogP contribution is 2.26. The summed E-state index contributed by atoms with van der Waals surface area (Å²) in [6.07, 6.45) is 0. The molecule has 0 unspecified atom stereocenters. The Hall–Kier alpha value is -1.98. The van der Waals surface area contributed by atoms with Crippen LogP contribution >= 0.6 is 0 Å². The number of fused-ring (bicyclic) bond motifs is 2. The first kappa shape index (κ1) is 13.0. The zero-order valence-corrected chi connectivity index (χ0v) is 11.9. The van der Waals surface area contributed by atoms with E-state index in [2.05, 4.69) is 4.98 Å². The fourth-order valence-corrected chi connectivity index (χ4v) is 2.96. The Bertz CT molecular complexity index is 946. The highest BCUT2D eigenvalue weighted by atomic mass is 32.2. The number of pyridine rings is 1. The zero-order chi connectivity index (χ0) is 14.5. The van der Waals surface area contributed by atoms with E-state index in [0.29, 0.717) is 0 Å². The summed E-state index contributed by atoms with van der Waals surface area (Å²) in [5, 5.41) is 2.70. The summed E-state index contributed by atoms with van der Waals surface area (Å²) in [6.45, 7) is 3.95. The Morgan fingerprint density at radius 3 is 2.45 bits per heavy atom. The Labute approximate surface area is 116 Å². The fourth-order valence-electron chi connectivity index (χ4n) is 2.45. The lowest BCUT2D eigenvalue weighted by atomic mass is 10.0. The molecule has 1 aromatic heterocycles. The van der Waals surface area contributed by atoms with Gasteiger partial charge in [0.25, 0.3) is 10.1 Å². The normalized spacial score (nSPS) is 12.2. The Morgan fingerprint density at radius 1 is 1.00 bits per heavy atom. The summed E-state index contributed by atoms with van der Waals surface area (Å²) in [7, 11) is -4.18. The summed E-state index contributed by atoms with van der Waals surface area (Å²) in [5.74, 6) is 0. The maximum atomic E-state index is 11.2. The first-order valence-corrected chi connectivity index (χ1v) is 7.58. The van der Waals surface area contributed by atoms with Crippen LogP contribution in [0.4, 0.5) is 0 Å². The highest BCUT2D eigenvalue weighted by molar-refractivity contribution is 7.85. The van der Waals surface area contributed by atoms with Gasteiger partial charge in [-0.15, -0.1) is 0 Å². The van der Waals surface area contributed by atoms with Crippen molar-refractivity contribution in [3.8, 4) is 0 Å². The van der Waals surface area contributed by atoms with Crippen LogP contribution in [0.15, 0.2) is 41.3 Å². The van der Waals surface area contributed by atoms with Gasteiger partial charge in [-0.3, -0.25) is 9.54 Å². The van der Waals surface area contributed by atoms with Gasteiger partial charge >= 0.3 is 0 Å². The van der Waals surface area contributed by atoms with Crippen LogP contribution in [0.2, 0.25) is 0 Å². The van der Waals surface area contributed by atoms with Gasteiger partial charge in [-0.25, -0.2) is 0 Å². The quantitative estimate of drug-likeness (QED) is 0.551. The monoisotopic (exact) mass is 287 g/mol. The molecule has 20 heavy (non-hydrogen) atoms. The molecule has 0 fully saturated rings. The average Bonchev–Trinajstić information content (AvgIpc) is 2.35. The second-order valence-electron chi connectivity index (χ2n) is 4.93. The van der Waals surface area contributed by atoms with E-state index in [4.69, 9.17) is 4.55 Å². The van der Waals surface area contributed by atoms with Gasteiger partial charge in [-0.05, 0) is 60.5 Å². The summed E-state index contributed by atoms with van der Waals surface area (Å²) < 4.78 is 31.5. The largest absolute Gasteiger partial charge is 0.294 e. The Kier molecular flexibility index (Phi) is 2.77. The van der Waals surface area contributed by atoms with Crippen LogP contribution in [0.25, 0.3) is 21.7 Å². The molecule has 3 aromatic rings. The van der Waals surface area contributed by atoms with E-state index in [9.17, 15) is 8.42 Å². The number of nitrogens with zero attached hydrogens (tertiary/aromatic N) is 1. The molecule has 4 nitrogen and oxygen atoms in total. The number of benzene rings is 2. The lowest BCUT2D eigenvalue weighted by Gasteiger charge is -2.07. The molecule has 0 spiro atoms. The Balaban J connectivity index is 2.39. The fraction of sp³-hybridized carbons (Fsp3) is 0.133. The third kappa shape index (κ3) is 2.15. The molecule has 0 aliphatic rings. The second-order valence-corrected chi connectivity index (χ2v) is 6.36. The van der Waals surface area contributed by atoms with E-state index in [1.54, 1.807) is 6.07 Å². The maximum absolute atomic E-state index is 11.2. The third-order valence-corrected chi connectivity index (χ3v) is 4.22. The minimum Gasteiger partial charge on any atom is -0.282 e. The molecule has 3 rings (SSSR count). The van der Waals surface area contributed by atoms with Crippen molar-refractivity contribution in [3.05, 3.63) is 47.7 Å². The van der Waals surface area contributed by atoms with Crippen molar-refractivity contribution >= 4 is 31.8 Å². The van der Waals surface area contributed by atoms with E-state index in [1.807, 2.05) is 32.0 Å². The SMILES string of the molecule is Cc1cc(C)c2cc3ccc(S(=O)(=O)O)cc3cc2n1. The van der Waals surface area contributed by atoms with Crippen LogP contribution in [-0.4, -0.2) is 18.0 Å². The van der Waals surface area contributed by atoms with E-state index in [-0.39, 0.29) is 4.90 Å². The summed E-state index contributed by atoms with van der Waals surface area (Å²) in [5.41, 5.74) is 2.87. The van der Waals surface area contributed by atoms with Gasteiger partial charge in [-0.1, -0.05) is 6.07 Å². The van der Waals surface area contributed by atoms with Gasteiger partial charge in [-0.2, -0.15) is 8.42 Å². The van der Waals surface area contributed by atoms with Crippen LogP contribution in [0.5, 0.6) is 0 Å². The predicted octanol–water partition coefficient (Wildman–Crippen LogP) is 3.25. The predicted molar refractivity (Wildman–Crippen MR) is 78.5 cm³/mol. The van der Waals surface area contributed by atoms with E-state index < -0.39 is 10.1 Å². The van der Waals surface area contributed by atoms with Crippen LogP contribution in [-0.2, 0) is 10.1 Å². The van der Waals surface area contributed by atoms with Crippen molar-refractivity contribution in [1.82, 2.24) is 4.98 Å². The number of aromatic nitrogens is 1. The molecule has 0 radical (unpaired) electrons. The van der Waals surface area contributed by atoms with Gasteiger partial charge in [0.1, 0.15) is 0 Å². The molecule has 5 heteroatoms. The average molecular weight is 287 g/mol. The van der Waals surface area contributed by atoms with Crippen molar-refractivity contribution in [2.75, 3.05) is 0 Å². The smallest absolute Gasteiger partial charge is 0.282 e. The van der Waals surface area contributed by atoms with Crippen molar-refractivity contribution in [3.63, 3.8) is 0 Å². The topological polar surface area (TPSA) is 67.3 Å². The standard InChI is InChI=1S/C15H13NO3S/c1-9-5-10(2)16-15-8-12-6-13(20(17,18)19)4-3-11(12)7-14(9)15/h3-8H,1-2H3,(H,17,18,19). The molecule has 0 atom stereocenters. The first-order chi connectivity index (χ1) is 9.34. The molecule has 0 aliphatic heterocycles. The number of hydrogen-bond donors (Lipinski definition) is 1. The van der Waals surface area contributed by atoms with Gasteiger partial charge in [0.2, 0.25) is 0 Å². The van der Waals surface area contributed by atoms with E-state index in [1.165, 1.54) is 12.1 Å². The van der Waals surface area contributed by atoms with Crippen LogP contribution in [0.1, 0.15) is 11.3 Å². The third-order valence-electron chi connectivity index (χ3n) is 3.37. The number of rotatable bonds is 1. The number of hydrogen-bond acceptors (Lipinski definition) is 3. The van der Waals surface area contributed by atoms with Crippen LogP contribution in [0, 0.1) is 13.8 Å². The minimum atomic E-state index is -4.18. The van der Waals surface area contributed by atoms with Gasteiger partial charge in [0.05, 0.1) is 10.4 Å². The van der Waals surface area contributed by atoms with Crippen molar-refractivity contribution < 1.29 is 13.0 Å². The summed E-state index contributed by atoms with van der Waals surface area (Å²) in [4.78, 5) is 4.36. The molecule has 1 N–H and O–H groups in total. The van der Waals surface area contributed by atoms with Crippen molar-refractivity contribution in [1.29, 1.82) is 0 Å².